The SMILES string of the molecule is CC(C)=C1CC[C@]23CO[C@H](C2)[C@@](O)(P(=O)(O)O)CC[C@@H]13. The monoisotopic (exact) mass is 302 g/mol. The summed E-state index contributed by atoms with van der Waals surface area (Å²) in [4.78, 5) is 19.1. The zero-order chi connectivity index (χ0) is 14.8. The molecule has 0 aromatic carbocycles. The van der Waals surface area contributed by atoms with Crippen LogP contribution < -0.4 is 0 Å². The second-order valence-electron chi connectivity index (χ2n) is 6.91. The average Bonchev–Trinajstić information content (AvgIpc) is 2.87. The summed E-state index contributed by atoms with van der Waals surface area (Å²) in [5.41, 5.74) is 2.69. The third-order valence-electron chi connectivity index (χ3n) is 5.68. The second-order valence-corrected chi connectivity index (χ2v) is 8.77. The molecule has 114 valence electrons. The zero-order valence-electron chi connectivity index (χ0n) is 12.0. The van der Waals surface area contributed by atoms with E-state index in [4.69, 9.17) is 4.74 Å². The predicted molar refractivity (Wildman–Crippen MR) is 74.1 cm³/mol. The summed E-state index contributed by atoms with van der Waals surface area (Å²) in [7, 11) is -4.60. The van der Waals surface area contributed by atoms with Gasteiger partial charge in [-0.25, -0.2) is 0 Å². The van der Waals surface area contributed by atoms with Crippen molar-refractivity contribution in [1.29, 1.82) is 0 Å². The molecule has 5 nitrogen and oxygen atoms in total. The van der Waals surface area contributed by atoms with Crippen LogP contribution in [0.2, 0.25) is 0 Å². The molecular formula is C14H23O5P. The van der Waals surface area contributed by atoms with Crippen LogP contribution in [0.1, 0.15) is 46.0 Å². The fourth-order valence-electron chi connectivity index (χ4n) is 4.50. The van der Waals surface area contributed by atoms with Crippen LogP contribution >= 0.6 is 7.60 Å². The quantitative estimate of drug-likeness (QED) is 0.510. The third-order valence-corrected chi connectivity index (χ3v) is 7.20. The molecule has 0 radical (unpaired) electrons. The van der Waals surface area contributed by atoms with Gasteiger partial charge >= 0.3 is 7.60 Å². The van der Waals surface area contributed by atoms with Gasteiger partial charge in [-0.1, -0.05) is 11.1 Å². The first-order valence-electron chi connectivity index (χ1n) is 7.25. The molecule has 1 spiro atoms. The van der Waals surface area contributed by atoms with Gasteiger partial charge in [0.15, 0.2) is 5.34 Å². The van der Waals surface area contributed by atoms with Crippen LogP contribution in [0.5, 0.6) is 0 Å². The standard InChI is InChI=1S/C14H23O5P/c1-9(2)10-3-5-13-7-12(19-8-13)14(15,20(16,17)18)6-4-11(10)13/h11-12,15H,3-8H2,1-2H3,(H2,16,17,18)/t11-,12+,13+,14-/m0/s1. The summed E-state index contributed by atoms with van der Waals surface area (Å²) in [6.07, 6.45) is 2.65. The van der Waals surface area contributed by atoms with E-state index in [0.29, 0.717) is 25.4 Å². The van der Waals surface area contributed by atoms with Gasteiger partial charge < -0.3 is 19.6 Å². The number of fused-ring (bicyclic) bond motifs is 1. The first-order valence-corrected chi connectivity index (χ1v) is 8.87. The smallest absolute Gasteiger partial charge is 0.359 e. The van der Waals surface area contributed by atoms with Crippen LogP contribution in [0.3, 0.4) is 0 Å². The molecule has 0 amide bonds. The molecule has 3 aliphatic rings. The van der Waals surface area contributed by atoms with Gasteiger partial charge in [0.05, 0.1) is 12.7 Å². The summed E-state index contributed by atoms with van der Waals surface area (Å²) in [5.74, 6) is 0.304. The van der Waals surface area contributed by atoms with Crippen LogP contribution in [0.15, 0.2) is 11.1 Å². The van der Waals surface area contributed by atoms with Gasteiger partial charge in [0.2, 0.25) is 0 Å². The Morgan fingerprint density at radius 2 is 2.05 bits per heavy atom. The van der Waals surface area contributed by atoms with Crippen molar-refractivity contribution in [2.75, 3.05) is 6.61 Å². The van der Waals surface area contributed by atoms with Gasteiger partial charge in [0, 0.05) is 5.41 Å². The summed E-state index contributed by atoms with van der Waals surface area (Å²) in [6, 6.07) is 0. The minimum absolute atomic E-state index is 0.0169. The van der Waals surface area contributed by atoms with E-state index in [1.165, 1.54) is 11.1 Å². The predicted octanol–water partition coefficient (Wildman–Crippen LogP) is 2.17. The van der Waals surface area contributed by atoms with Crippen LogP contribution in [0, 0.1) is 11.3 Å². The maximum absolute atomic E-state index is 11.7. The second kappa shape index (κ2) is 4.40. The molecule has 0 aromatic rings. The molecule has 3 N–H and O–H groups in total. The molecule has 3 fully saturated rings. The number of aliphatic hydroxyl groups is 1. The molecule has 1 saturated heterocycles. The lowest BCUT2D eigenvalue weighted by molar-refractivity contribution is -0.0570. The van der Waals surface area contributed by atoms with Gasteiger partial charge in [0.1, 0.15) is 0 Å². The molecular weight excluding hydrogens is 279 g/mol. The van der Waals surface area contributed by atoms with E-state index in [1.807, 2.05) is 0 Å². The molecule has 1 aliphatic heterocycles. The molecule has 2 aliphatic carbocycles. The van der Waals surface area contributed by atoms with E-state index < -0.39 is 19.0 Å². The first kappa shape index (κ1) is 14.7. The Morgan fingerprint density at radius 3 is 2.65 bits per heavy atom. The van der Waals surface area contributed by atoms with Crippen LogP contribution in [-0.4, -0.2) is 32.9 Å². The van der Waals surface area contributed by atoms with E-state index in [-0.39, 0.29) is 11.8 Å². The Bertz CT molecular complexity index is 506. The normalized spacial score (nSPS) is 44.4. The Kier molecular flexibility index (Phi) is 3.24. The fraction of sp³-hybridized carbons (Fsp3) is 0.857. The Labute approximate surface area is 119 Å². The topological polar surface area (TPSA) is 87.0 Å². The van der Waals surface area contributed by atoms with Gasteiger partial charge in [-0.15, -0.1) is 0 Å². The van der Waals surface area contributed by atoms with Crippen molar-refractivity contribution in [2.45, 2.75) is 57.4 Å². The third kappa shape index (κ3) is 1.87. The maximum Gasteiger partial charge on any atom is 0.359 e. The highest BCUT2D eigenvalue weighted by Gasteiger charge is 2.63. The molecule has 0 aromatic heterocycles. The lowest BCUT2D eigenvalue weighted by Gasteiger charge is -2.34. The van der Waals surface area contributed by atoms with E-state index in [9.17, 15) is 19.5 Å². The first-order chi connectivity index (χ1) is 9.20. The Balaban J connectivity index is 2.01. The summed E-state index contributed by atoms with van der Waals surface area (Å²) >= 11 is 0. The van der Waals surface area contributed by atoms with Gasteiger partial charge in [-0.05, 0) is 51.9 Å². The largest absolute Gasteiger partial charge is 0.375 e. The van der Waals surface area contributed by atoms with Crippen molar-refractivity contribution in [2.24, 2.45) is 11.3 Å². The molecule has 1 heterocycles. The lowest BCUT2D eigenvalue weighted by atomic mass is 9.74. The average molecular weight is 302 g/mol. The highest BCUT2D eigenvalue weighted by molar-refractivity contribution is 7.53. The maximum atomic E-state index is 11.7. The highest BCUT2D eigenvalue weighted by Crippen LogP contribution is 2.65. The van der Waals surface area contributed by atoms with Gasteiger partial charge in [0.25, 0.3) is 0 Å². The molecule has 0 unspecified atom stereocenters. The number of hydrogen-bond donors (Lipinski definition) is 3. The van der Waals surface area contributed by atoms with E-state index >= 15 is 0 Å². The number of ether oxygens (including phenoxy) is 1. The van der Waals surface area contributed by atoms with E-state index in [2.05, 4.69) is 13.8 Å². The van der Waals surface area contributed by atoms with Crippen molar-refractivity contribution in [3.63, 3.8) is 0 Å². The molecule has 2 saturated carbocycles. The Hall–Kier alpha value is -0.190. The van der Waals surface area contributed by atoms with Crippen LogP contribution in [0.4, 0.5) is 0 Å². The molecule has 3 rings (SSSR count). The molecule has 4 atom stereocenters. The van der Waals surface area contributed by atoms with Crippen LogP contribution in [0.25, 0.3) is 0 Å². The van der Waals surface area contributed by atoms with Crippen molar-refractivity contribution in [3.05, 3.63) is 11.1 Å². The number of rotatable bonds is 1. The number of allylic oxidation sites excluding steroid dienone is 2. The minimum atomic E-state index is -4.60. The van der Waals surface area contributed by atoms with Crippen molar-refractivity contribution >= 4 is 7.60 Å². The minimum Gasteiger partial charge on any atom is -0.375 e. The van der Waals surface area contributed by atoms with Gasteiger partial charge in [-0.3, -0.25) is 4.57 Å². The van der Waals surface area contributed by atoms with Crippen molar-refractivity contribution in [1.82, 2.24) is 0 Å². The molecule has 20 heavy (non-hydrogen) atoms. The fourth-order valence-corrected chi connectivity index (χ4v) is 5.46. The van der Waals surface area contributed by atoms with E-state index in [1.54, 1.807) is 0 Å². The zero-order valence-corrected chi connectivity index (χ0v) is 12.9. The lowest BCUT2D eigenvalue weighted by Crippen LogP contribution is -2.41. The Morgan fingerprint density at radius 1 is 1.35 bits per heavy atom. The van der Waals surface area contributed by atoms with Crippen molar-refractivity contribution < 1.29 is 24.2 Å². The summed E-state index contributed by atoms with van der Waals surface area (Å²) < 4.78 is 17.4. The van der Waals surface area contributed by atoms with E-state index in [0.717, 1.165) is 12.8 Å². The summed E-state index contributed by atoms with van der Waals surface area (Å²) in [5, 5.41) is 8.54. The van der Waals surface area contributed by atoms with Gasteiger partial charge in [-0.2, -0.15) is 0 Å². The molecule has 2 bridgehead atoms. The van der Waals surface area contributed by atoms with Crippen LogP contribution in [-0.2, 0) is 9.30 Å². The number of hydrogen-bond acceptors (Lipinski definition) is 3. The summed E-state index contributed by atoms with van der Waals surface area (Å²) in [6.45, 7) is 4.71. The highest BCUT2D eigenvalue weighted by atomic mass is 31.2. The van der Waals surface area contributed by atoms with Crippen molar-refractivity contribution in [3.8, 4) is 0 Å². The molecule has 6 heteroatoms.